The molecule has 0 spiro atoms. The lowest BCUT2D eigenvalue weighted by Crippen LogP contribution is -2.36. The number of benzene rings is 1. The number of amides is 3. The number of nitrogens with one attached hydrogen (secondary N) is 2. The second-order valence-electron chi connectivity index (χ2n) is 7.00. The Labute approximate surface area is 177 Å². The summed E-state index contributed by atoms with van der Waals surface area (Å²) in [6.07, 6.45) is 5.65. The third-order valence-corrected chi connectivity index (χ3v) is 5.81. The second-order valence-corrected chi connectivity index (χ2v) is 8.00. The fourth-order valence-electron chi connectivity index (χ4n) is 3.32. The number of carbonyl (C=O) groups excluding carboxylic acids is 3. The fraction of sp³-hybridized carbons (Fsp3) is 0.227. The van der Waals surface area contributed by atoms with E-state index >= 15 is 0 Å². The van der Waals surface area contributed by atoms with E-state index in [1.54, 1.807) is 35.6 Å². The molecule has 3 amide bonds. The van der Waals surface area contributed by atoms with Gasteiger partial charge in [0, 0.05) is 34.8 Å². The topological polar surface area (TPSA) is 91.7 Å². The summed E-state index contributed by atoms with van der Waals surface area (Å²) in [5.41, 5.74) is 3.17. The number of piperidine rings is 1. The number of carbonyl (C=O) groups is 3. The number of hydrogen-bond acceptors (Lipinski definition) is 5. The molecule has 30 heavy (non-hydrogen) atoms. The number of anilines is 2. The summed E-state index contributed by atoms with van der Waals surface area (Å²) in [6, 6.07) is 10.8. The zero-order valence-electron chi connectivity index (χ0n) is 16.2. The molecule has 7 nitrogen and oxygen atoms in total. The van der Waals surface area contributed by atoms with Crippen molar-refractivity contribution in [2.75, 3.05) is 16.8 Å². The lowest BCUT2D eigenvalue weighted by Gasteiger charge is -2.27. The highest BCUT2D eigenvalue weighted by Crippen LogP contribution is 2.26. The monoisotopic (exact) mass is 423 g/mol. The third-order valence-electron chi connectivity index (χ3n) is 4.88. The Kier molecular flexibility index (Phi) is 5.94. The molecule has 1 aliphatic rings. The Morgan fingerprint density at radius 2 is 2.00 bits per heavy atom. The molecule has 1 aliphatic heterocycles. The fourth-order valence-corrected chi connectivity index (χ4v) is 4.15. The van der Waals surface area contributed by atoms with Gasteiger partial charge in [-0.15, -0.1) is 11.3 Å². The highest BCUT2D eigenvalue weighted by Gasteiger charge is 2.20. The predicted molar refractivity (Wildman–Crippen MR) is 115 cm³/mol. The lowest BCUT2D eigenvalue weighted by molar-refractivity contribution is -0.136. The van der Waals surface area contributed by atoms with Crippen LogP contribution in [0.1, 0.15) is 24.1 Å². The molecule has 0 unspecified atom stereocenters. The number of furan rings is 1. The molecule has 2 N–H and O–H groups in total. The van der Waals surface area contributed by atoms with E-state index < -0.39 is 11.8 Å². The average Bonchev–Trinajstić information content (AvgIpc) is 3.44. The number of nitrogens with zero attached hydrogens (tertiary/aromatic N) is 1. The normalized spacial score (nSPS) is 13.9. The van der Waals surface area contributed by atoms with Crippen LogP contribution >= 0.6 is 11.3 Å². The van der Waals surface area contributed by atoms with E-state index in [-0.39, 0.29) is 12.5 Å². The Morgan fingerprint density at radius 3 is 2.80 bits per heavy atom. The molecule has 0 atom stereocenters. The van der Waals surface area contributed by atoms with Crippen LogP contribution in [0.15, 0.2) is 58.7 Å². The van der Waals surface area contributed by atoms with Crippen molar-refractivity contribution in [1.29, 1.82) is 0 Å². The quantitative estimate of drug-likeness (QED) is 0.611. The first-order valence-electron chi connectivity index (χ1n) is 9.70. The molecule has 8 heteroatoms. The van der Waals surface area contributed by atoms with Gasteiger partial charge in [-0.3, -0.25) is 14.4 Å². The molecule has 3 aromatic rings. The van der Waals surface area contributed by atoms with Gasteiger partial charge in [0.15, 0.2) is 0 Å². The van der Waals surface area contributed by atoms with Gasteiger partial charge in [0.1, 0.15) is 0 Å². The smallest absolute Gasteiger partial charge is 0.313 e. The molecular weight excluding hydrogens is 402 g/mol. The largest absolute Gasteiger partial charge is 0.472 e. The van der Waals surface area contributed by atoms with Crippen LogP contribution in [-0.4, -0.2) is 24.3 Å². The summed E-state index contributed by atoms with van der Waals surface area (Å²) in [5.74, 6) is -1.38. The van der Waals surface area contributed by atoms with E-state index in [1.807, 2.05) is 23.6 Å². The zero-order chi connectivity index (χ0) is 20.9. The van der Waals surface area contributed by atoms with Gasteiger partial charge in [-0.05, 0) is 54.1 Å². The van der Waals surface area contributed by atoms with Crippen molar-refractivity contribution >= 4 is 40.4 Å². The standard InChI is InChI=1S/C22H21N3O4S/c26-20-6-1-2-8-25(20)18-5-3-4-17(11-18)24-22(28)21(27)23-12-19-10-16(14-30-19)15-7-9-29-13-15/h3-5,7,9-11,13-14H,1-2,6,8,12H2,(H,23,27)(H,24,28). The molecule has 1 fully saturated rings. The van der Waals surface area contributed by atoms with Crippen molar-refractivity contribution in [1.82, 2.24) is 5.32 Å². The summed E-state index contributed by atoms with van der Waals surface area (Å²) >= 11 is 1.50. The van der Waals surface area contributed by atoms with Gasteiger partial charge >= 0.3 is 11.8 Å². The SMILES string of the molecule is O=C(NCc1cc(-c2ccoc2)cs1)C(=O)Nc1cccc(N2CCCCC2=O)c1. The van der Waals surface area contributed by atoms with Crippen molar-refractivity contribution in [3.8, 4) is 11.1 Å². The van der Waals surface area contributed by atoms with Crippen molar-refractivity contribution in [3.63, 3.8) is 0 Å². The third kappa shape index (κ3) is 4.60. The van der Waals surface area contributed by atoms with Crippen molar-refractivity contribution < 1.29 is 18.8 Å². The molecule has 3 heterocycles. The van der Waals surface area contributed by atoms with Crippen LogP contribution in [-0.2, 0) is 20.9 Å². The number of thiophene rings is 1. The lowest BCUT2D eigenvalue weighted by atomic mass is 10.1. The maximum Gasteiger partial charge on any atom is 0.313 e. The van der Waals surface area contributed by atoms with Crippen LogP contribution in [0.4, 0.5) is 11.4 Å². The number of hydrogen-bond donors (Lipinski definition) is 2. The van der Waals surface area contributed by atoms with Gasteiger partial charge in [-0.25, -0.2) is 0 Å². The molecule has 2 aromatic heterocycles. The summed E-state index contributed by atoms with van der Waals surface area (Å²) < 4.78 is 5.08. The molecule has 0 radical (unpaired) electrons. The van der Waals surface area contributed by atoms with E-state index in [1.165, 1.54) is 11.3 Å². The summed E-state index contributed by atoms with van der Waals surface area (Å²) in [4.78, 5) is 39.2. The van der Waals surface area contributed by atoms with E-state index in [9.17, 15) is 14.4 Å². The maximum absolute atomic E-state index is 12.3. The Morgan fingerprint density at radius 1 is 1.10 bits per heavy atom. The highest BCUT2D eigenvalue weighted by atomic mass is 32.1. The van der Waals surface area contributed by atoms with E-state index in [0.29, 0.717) is 18.7 Å². The number of rotatable bonds is 5. The summed E-state index contributed by atoms with van der Waals surface area (Å²) in [7, 11) is 0. The predicted octanol–water partition coefficient (Wildman–Crippen LogP) is 3.78. The molecule has 154 valence electrons. The Hall–Kier alpha value is -3.39. The highest BCUT2D eigenvalue weighted by molar-refractivity contribution is 7.10. The first-order chi connectivity index (χ1) is 14.6. The van der Waals surface area contributed by atoms with Crippen LogP contribution in [0.5, 0.6) is 0 Å². The van der Waals surface area contributed by atoms with E-state index in [4.69, 9.17) is 4.42 Å². The molecule has 4 rings (SSSR count). The van der Waals surface area contributed by atoms with Gasteiger partial charge in [0.05, 0.1) is 19.1 Å². The van der Waals surface area contributed by atoms with Crippen molar-refractivity contribution in [2.45, 2.75) is 25.8 Å². The van der Waals surface area contributed by atoms with Gasteiger partial charge in [0.25, 0.3) is 0 Å². The molecular formula is C22H21N3O4S. The van der Waals surface area contributed by atoms with Crippen LogP contribution in [0.2, 0.25) is 0 Å². The van der Waals surface area contributed by atoms with Crippen molar-refractivity contribution in [2.24, 2.45) is 0 Å². The van der Waals surface area contributed by atoms with E-state index in [0.717, 1.165) is 34.5 Å². The van der Waals surface area contributed by atoms with Gasteiger partial charge in [0.2, 0.25) is 5.91 Å². The van der Waals surface area contributed by atoms with Crippen LogP contribution in [0.3, 0.4) is 0 Å². The van der Waals surface area contributed by atoms with Gasteiger partial charge in [-0.2, -0.15) is 0 Å². The summed E-state index contributed by atoms with van der Waals surface area (Å²) in [6.45, 7) is 0.926. The molecule has 0 saturated carbocycles. The minimum absolute atomic E-state index is 0.0770. The van der Waals surface area contributed by atoms with E-state index in [2.05, 4.69) is 10.6 Å². The zero-order valence-corrected chi connectivity index (χ0v) is 17.0. The van der Waals surface area contributed by atoms with Crippen LogP contribution in [0, 0.1) is 0 Å². The molecule has 1 saturated heterocycles. The Bertz CT molecular complexity index is 1060. The minimum Gasteiger partial charge on any atom is -0.472 e. The Balaban J connectivity index is 1.33. The first kappa shape index (κ1) is 19.9. The molecule has 0 bridgehead atoms. The second kappa shape index (κ2) is 8.96. The van der Waals surface area contributed by atoms with Gasteiger partial charge in [-0.1, -0.05) is 6.07 Å². The maximum atomic E-state index is 12.3. The first-order valence-corrected chi connectivity index (χ1v) is 10.6. The molecule has 1 aromatic carbocycles. The van der Waals surface area contributed by atoms with Crippen LogP contribution < -0.4 is 15.5 Å². The molecule has 0 aliphatic carbocycles. The van der Waals surface area contributed by atoms with Gasteiger partial charge < -0.3 is 20.0 Å². The van der Waals surface area contributed by atoms with Crippen molar-refractivity contribution in [3.05, 3.63) is 59.2 Å². The minimum atomic E-state index is -0.747. The van der Waals surface area contributed by atoms with Crippen LogP contribution in [0.25, 0.3) is 11.1 Å². The summed E-state index contributed by atoms with van der Waals surface area (Å²) in [5, 5.41) is 7.21. The average molecular weight is 423 g/mol.